The smallest absolute Gasteiger partial charge is 0.203 e. The van der Waals surface area contributed by atoms with Gasteiger partial charge in [0.1, 0.15) is 17.2 Å². The molecule has 3 aromatic rings. The van der Waals surface area contributed by atoms with Crippen molar-refractivity contribution in [1.82, 2.24) is 4.98 Å². The number of rotatable bonds is 8. The van der Waals surface area contributed by atoms with E-state index in [0.29, 0.717) is 17.5 Å². The maximum absolute atomic E-state index is 5.46. The van der Waals surface area contributed by atoms with Crippen molar-refractivity contribution in [1.29, 1.82) is 0 Å². The summed E-state index contributed by atoms with van der Waals surface area (Å²) in [6, 6.07) is 13.4. The third-order valence-corrected chi connectivity index (χ3v) is 4.52. The zero-order chi connectivity index (χ0) is 19.1. The zero-order valence-corrected chi connectivity index (χ0v) is 16.2. The number of ether oxygens (including phenoxy) is 3. The van der Waals surface area contributed by atoms with Crippen LogP contribution in [-0.4, -0.2) is 32.0 Å². The second-order valence-electron chi connectivity index (χ2n) is 5.47. The van der Waals surface area contributed by atoms with Crippen LogP contribution in [0.4, 0.5) is 5.13 Å². The van der Waals surface area contributed by atoms with Gasteiger partial charge in [-0.25, -0.2) is 4.98 Å². The molecule has 0 unspecified atom stereocenters. The number of methoxy groups -OCH3 is 2. The van der Waals surface area contributed by atoms with Gasteiger partial charge in [-0.3, -0.25) is 5.43 Å². The van der Waals surface area contributed by atoms with Crippen LogP contribution >= 0.6 is 11.3 Å². The van der Waals surface area contributed by atoms with E-state index in [-0.39, 0.29) is 0 Å². The van der Waals surface area contributed by atoms with Gasteiger partial charge in [0.15, 0.2) is 0 Å². The largest absolute Gasteiger partial charge is 0.497 e. The fraction of sp³-hybridized carbons (Fsp3) is 0.200. The van der Waals surface area contributed by atoms with Crippen LogP contribution in [0.3, 0.4) is 0 Å². The van der Waals surface area contributed by atoms with Gasteiger partial charge < -0.3 is 14.2 Å². The molecular formula is C20H21N3O3S. The minimum atomic E-state index is 0.654. The van der Waals surface area contributed by atoms with Crippen molar-refractivity contribution in [3.05, 3.63) is 53.4 Å². The normalized spacial score (nSPS) is 10.8. The third-order valence-electron chi connectivity index (χ3n) is 3.77. The summed E-state index contributed by atoms with van der Waals surface area (Å²) in [6.45, 7) is 2.62. The molecule has 0 spiro atoms. The van der Waals surface area contributed by atoms with Crippen LogP contribution in [0.2, 0.25) is 0 Å². The molecular weight excluding hydrogens is 362 g/mol. The van der Waals surface area contributed by atoms with Gasteiger partial charge in [0.25, 0.3) is 0 Å². The highest BCUT2D eigenvalue weighted by atomic mass is 32.1. The maximum Gasteiger partial charge on any atom is 0.203 e. The van der Waals surface area contributed by atoms with Gasteiger partial charge in [0.2, 0.25) is 5.13 Å². The topological polar surface area (TPSA) is 65.0 Å². The highest BCUT2D eigenvalue weighted by molar-refractivity contribution is 7.14. The Kier molecular flexibility index (Phi) is 6.27. The van der Waals surface area contributed by atoms with Crippen molar-refractivity contribution in [3.8, 4) is 28.5 Å². The standard InChI is InChI=1S/C20H21N3O3S/c1-4-26-16-8-5-14(6-9-16)18-13-27-20(22-18)23-21-12-15-7-10-17(24-2)11-19(15)25-3/h5-13H,4H2,1-3H3,(H,22,23)/b21-12-. The van der Waals surface area contributed by atoms with E-state index in [1.165, 1.54) is 11.3 Å². The summed E-state index contributed by atoms with van der Waals surface area (Å²) >= 11 is 1.49. The number of hydrogen-bond donors (Lipinski definition) is 1. The molecule has 0 aliphatic carbocycles. The first-order valence-corrected chi connectivity index (χ1v) is 9.31. The van der Waals surface area contributed by atoms with Crippen LogP contribution in [0.1, 0.15) is 12.5 Å². The van der Waals surface area contributed by atoms with E-state index in [1.807, 2.05) is 54.8 Å². The lowest BCUT2D eigenvalue weighted by Crippen LogP contribution is -1.95. The van der Waals surface area contributed by atoms with Crippen LogP contribution in [0.25, 0.3) is 11.3 Å². The molecule has 0 bridgehead atoms. The first-order valence-electron chi connectivity index (χ1n) is 8.43. The highest BCUT2D eigenvalue weighted by Crippen LogP contribution is 2.27. The number of nitrogens with one attached hydrogen (secondary N) is 1. The second kappa shape index (κ2) is 9.05. The third kappa shape index (κ3) is 4.77. The molecule has 1 aromatic heterocycles. The number of hydrazone groups is 1. The monoisotopic (exact) mass is 383 g/mol. The molecule has 1 heterocycles. The van der Waals surface area contributed by atoms with E-state index in [1.54, 1.807) is 20.4 Å². The zero-order valence-electron chi connectivity index (χ0n) is 15.4. The quantitative estimate of drug-likeness (QED) is 0.452. The van der Waals surface area contributed by atoms with Crippen molar-refractivity contribution < 1.29 is 14.2 Å². The fourth-order valence-corrected chi connectivity index (χ4v) is 3.10. The van der Waals surface area contributed by atoms with Gasteiger partial charge in [-0.1, -0.05) is 0 Å². The molecule has 7 heteroatoms. The number of aromatic nitrogens is 1. The number of benzene rings is 2. The molecule has 6 nitrogen and oxygen atoms in total. The number of anilines is 1. The van der Waals surface area contributed by atoms with Crippen LogP contribution in [0.5, 0.6) is 17.2 Å². The van der Waals surface area contributed by atoms with Crippen LogP contribution < -0.4 is 19.6 Å². The predicted molar refractivity (Wildman–Crippen MR) is 109 cm³/mol. The lowest BCUT2D eigenvalue weighted by molar-refractivity contribution is 0.340. The molecule has 140 valence electrons. The average molecular weight is 383 g/mol. The second-order valence-corrected chi connectivity index (χ2v) is 6.33. The summed E-state index contributed by atoms with van der Waals surface area (Å²) in [5.41, 5.74) is 5.72. The Morgan fingerprint density at radius 2 is 1.85 bits per heavy atom. The molecule has 2 aromatic carbocycles. The van der Waals surface area contributed by atoms with Gasteiger partial charge in [0, 0.05) is 22.6 Å². The summed E-state index contributed by atoms with van der Waals surface area (Å²) in [7, 11) is 3.23. The van der Waals surface area contributed by atoms with E-state index in [0.717, 1.165) is 28.3 Å². The first kappa shape index (κ1) is 18.7. The Hall–Kier alpha value is -3.06. The average Bonchev–Trinajstić information content (AvgIpc) is 3.18. The molecule has 0 aliphatic heterocycles. The fourth-order valence-electron chi connectivity index (χ4n) is 2.43. The van der Waals surface area contributed by atoms with Gasteiger partial charge >= 0.3 is 0 Å². The molecule has 0 atom stereocenters. The summed E-state index contributed by atoms with van der Waals surface area (Å²) in [5.74, 6) is 2.28. The summed E-state index contributed by atoms with van der Waals surface area (Å²) in [5, 5.41) is 6.95. The highest BCUT2D eigenvalue weighted by Gasteiger charge is 2.05. The maximum atomic E-state index is 5.46. The van der Waals surface area contributed by atoms with E-state index < -0.39 is 0 Å². The molecule has 0 fully saturated rings. The van der Waals surface area contributed by atoms with Crippen LogP contribution in [0.15, 0.2) is 52.9 Å². The molecule has 0 radical (unpaired) electrons. The van der Waals surface area contributed by atoms with Crippen LogP contribution in [-0.2, 0) is 0 Å². The predicted octanol–water partition coefficient (Wildman–Crippen LogP) is 4.67. The first-order chi connectivity index (χ1) is 13.2. The van der Waals surface area contributed by atoms with E-state index in [4.69, 9.17) is 14.2 Å². The Bertz CT molecular complexity index is 907. The molecule has 27 heavy (non-hydrogen) atoms. The summed E-state index contributed by atoms with van der Waals surface area (Å²) in [6.07, 6.45) is 1.69. The van der Waals surface area contributed by atoms with E-state index in [9.17, 15) is 0 Å². The minimum absolute atomic E-state index is 0.654. The number of thiazole rings is 1. The minimum Gasteiger partial charge on any atom is -0.497 e. The molecule has 0 amide bonds. The Labute approximate surface area is 162 Å². The van der Waals surface area contributed by atoms with E-state index >= 15 is 0 Å². The van der Waals surface area contributed by atoms with E-state index in [2.05, 4.69) is 15.5 Å². The lowest BCUT2D eigenvalue weighted by Gasteiger charge is -2.06. The Morgan fingerprint density at radius 1 is 1.07 bits per heavy atom. The lowest BCUT2D eigenvalue weighted by atomic mass is 10.2. The van der Waals surface area contributed by atoms with Crippen LogP contribution in [0, 0.1) is 0 Å². The SMILES string of the molecule is CCOc1ccc(-c2csc(N/N=C\c3ccc(OC)cc3OC)n2)cc1. The van der Waals surface area contributed by atoms with Gasteiger partial charge in [0.05, 0.1) is 32.7 Å². The Balaban J connectivity index is 1.66. The number of hydrogen-bond acceptors (Lipinski definition) is 7. The number of nitrogens with zero attached hydrogens (tertiary/aromatic N) is 2. The van der Waals surface area contributed by atoms with Crippen molar-refractivity contribution >= 4 is 22.7 Å². The van der Waals surface area contributed by atoms with Crippen molar-refractivity contribution in [2.45, 2.75) is 6.92 Å². The van der Waals surface area contributed by atoms with Gasteiger partial charge in [-0.2, -0.15) is 5.10 Å². The van der Waals surface area contributed by atoms with Crippen molar-refractivity contribution in [2.24, 2.45) is 5.10 Å². The summed E-state index contributed by atoms with van der Waals surface area (Å²) < 4.78 is 16.0. The van der Waals surface area contributed by atoms with Crippen molar-refractivity contribution in [2.75, 3.05) is 26.3 Å². The van der Waals surface area contributed by atoms with Gasteiger partial charge in [-0.15, -0.1) is 11.3 Å². The van der Waals surface area contributed by atoms with Gasteiger partial charge in [-0.05, 0) is 43.3 Å². The molecule has 1 N–H and O–H groups in total. The van der Waals surface area contributed by atoms with Crippen molar-refractivity contribution in [3.63, 3.8) is 0 Å². The molecule has 3 rings (SSSR count). The molecule has 0 saturated carbocycles. The molecule has 0 saturated heterocycles. The molecule has 0 aliphatic rings. The Morgan fingerprint density at radius 3 is 2.56 bits per heavy atom. The summed E-state index contributed by atoms with van der Waals surface area (Å²) in [4.78, 5) is 4.56.